The van der Waals surface area contributed by atoms with Gasteiger partial charge in [-0.05, 0) is 54.4 Å². The molecule has 1 aromatic carbocycles. The van der Waals surface area contributed by atoms with Crippen molar-refractivity contribution < 1.29 is 18.9 Å². The normalized spacial score (nSPS) is 21.3. The monoisotopic (exact) mass is 444 g/mol. The molecule has 0 bridgehead atoms. The molecule has 2 aliphatic carbocycles. The predicted molar refractivity (Wildman–Crippen MR) is 113 cm³/mol. The summed E-state index contributed by atoms with van der Waals surface area (Å²) in [6.45, 7) is 0.927. The minimum atomic E-state index is -3.69. The van der Waals surface area contributed by atoms with Gasteiger partial charge in [-0.25, -0.2) is 14.1 Å². The molecule has 0 saturated carbocycles. The van der Waals surface area contributed by atoms with E-state index in [2.05, 4.69) is 14.8 Å². The fraction of sp³-hybridized carbons (Fsp3) is 0.450. The molecule has 0 saturated heterocycles. The van der Waals surface area contributed by atoms with Gasteiger partial charge in [-0.3, -0.25) is 9.48 Å². The van der Waals surface area contributed by atoms with Crippen LogP contribution in [-0.4, -0.2) is 49.5 Å². The summed E-state index contributed by atoms with van der Waals surface area (Å²) in [5.74, 6) is -0.361. The molecule has 2 aromatic rings. The van der Waals surface area contributed by atoms with Crippen molar-refractivity contribution in [3.63, 3.8) is 0 Å². The number of benzene rings is 1. The van der Waals surface area contributed by atoms with Crippen LogP contribution in [0, 0.1) is 0 Å². The molecular weight excluding hydrogens is 420 g/mol. The van der Waals surface area contributed by atoms with Gasteiger partial charge < -0.3 is 15.3 Å². The lowest BCUT2D eigenvalue weighted by Gasteiger charge is -2.24. The molecule has 2 heterocycles. The van der Waals surface area contributed by atoms with Gasteiger partial charge in [-0.2, -0.15) is 5.10 Å². The second-order valence-corrected chi connectivity index (χ2v) is 10.0. The molecule has 3 amide bonds. The molecule has 164 valence electrons. The van der Waals surface area contributed by atoms with Crippen molar-refractivity contribution in [1.82, 2.24) is 14.7 Å². The molecule has 0 fully saturated rings. The number of nitrogens with two attached hydrogens (primary N) is 1. The molecule has 1 aliphatic heterocycles. The zero-order valence-corrected chi connectivity index (χ0v) is 17.9. The van der Waals surface area contributed by atoms with E-state index in [9.17, 15) is 18.9 Å². The van der Waals surface area contributed by atoms with Gasteiger partial charge in [0.05, 0.1) is 18.8 Å². The minimum Gasteiger partial charge on any atom is -0.388 e. The second kappa shape index (κ2) is 7.14. The Morgan fingerprint density at radius 1 is 1.32 bits per heavy atom. The number of likely N-dealkylation sites (N-methyl/N-ethyl adjacent to an activating group) is 1. The SMILES string of the molecule is CN1CCn2ncc(S(N)(=O)=NC(=O)Nc3c4c(cc5c3CCC5O)CCC4)c2C1=O. The van der Waals surface area contributed by atoms with Gasteiger partial charge in [0.1, 0.15) is 20.5 Å². The maximum Gasteiger partial charge on any atom is 0.354 e. The van der Waals surface area contributed by atoms with Crippen LogP contribution in [0.3, 0.4) is 0 Å². The molecule has 3 aliphatic rings. The Morgan fingerprint density at radius 2 is 2.13 bits per heavy atom. The van der Waals surface area contributed by atoms with E-state index in [1.165, 1.54) is 15.8 Å². The van der Waals surface area contributed by atoms with Crippen molar-refractivity contribution in [2.45, 2.75) is 49.6 Å². The summed E-state index contributed by atoms with van der Waals surface area (Å²) in [6, 6.07) is 1.20. The molecule has 2 unspecified atom stereocenters. The van der Waals surface area contributed by atoms with Gasteiger partial charge in [0.15, 0.2) is 0 Å². The zero-order chi connectivity index (χ0) is 21.9. The van der Waals surface area contributed by atoms with Crippen LogP contribution in [0.4, 0.5) is 10.5 Å². The van der Waals surface area contributed by atoms with Gasteiger partial charge in [0.2, 0.25) is 0 Å². The van der Waals surface area contributed by atoms with E-state index in [1.54, 1.807) is 7.05 Å². The van der Waals surface area contributed by atoms with Crippen molar-refractivity contribution in [2.75, 3.05) is 18.9 Å². The van der Waals surface area contributed by atoms with E-state index in [0.717, 1.165) is 41.5 Å². The largest absolute Gasteiger partial charge is 0.388 e. The van der Waals surface area contributed by atoms with Crippen LogP contribution < -0.4 is 10.5 Å². The van der Waals surface area contributed by atoms with Gasteiger partial charge in [0, 0.05) is 19.3 Å². The van der Waals surface area contributed by atoms with Crippen molar-refractivity contribution in [3.8, 4) is 0 Å². The fourth-order valence-corrected chi connectivity index (χ4v) is 5.82. The highest BCUT2D eigenvalue weighted by Crippen LogP contribution is 2.42. The predicted octanol–water partition coefficient (Wildman–Crippen LogP) is 1.37. The number of hydrogen-bond acceptors (Lipinski definition) is 5. The fourth-order valence-electron chi connectivity index (χ4n) is 4.76. The minimum absolute atomic E-state index is 0.0434. The first-order valence-corrected chi connectivity index (χ1v) is 11.9. The second-order valence-electron chi connectivity index (χ2n) is 8.26. The molecule has 11 heteroatoms. The summed E-state index contributed by atoms with van der Waals surface area (Å²) in [5.41, 5.74) is 4.65. The van der Waals surface area contributed by atoms with E-state index in [-0.39, 0.29) is 16.5 Å². The van der Waals surface area contributed by atoms with Gasteiger partial charge >= 0.3 is 6.03 Å². The first kappa shape index (κ1) is 20.2. The number of nitrogens with one attached hydrogen (secondary N) is 1. The van der Waals surface area contributed by atoms with Crippen LogP contribution in [0.5, 0.6) is 0 Å². The number of amides is 3. The molecule has 0 radical (unpaired) electrons. The van der Waals surface area contributed by atoms with E-state index in [4.69, 9.17) is 5.14 Å². The Bertz CT molecular complexity index is 1240. The Morgan fingerprint density at radius 3 is 2.94 bits per heavy atom. The Labute approximate surface area is 179 Å². The van der Waals surface area contributed by atoms with E-state index < -0.39 is 22.1 Å². The summed E-state index contributed by atoms with van der Waals surface area (Å²) >= 11 is 0. The maximum absolute atomic E-state index is 13.2. The maximum atomic E-state index is 13.2. The number of rotatable bonds is 2. The number of fused-ring (bicyclic) bond motifs is 3. The Balaban J connectivity index is 1.51. The number of aliphatic hydroxyl groups excluding tert-OH is 1. The first-order chi connectivity index (χ1) is 14.8. The molecule has 1 aromatic heterocycles. The summed E-state index contributed by atoms with van der Waals surface area (Å²) in [5, 5.41) is 23.1. The molecule has 10 nitrogen and oxygen atoms in total. The summed E-state index contributed by atoms with van der Waals surface area (Å²) in [7, 11) is -2.06. The van der Waals surface area contributed by atoms with Crippen molar-refractivity contribution in [3.05, 3.63) is 40.2 Å². The lowest BCUT2D eigenvalue weighted by atomic mass is 9.98. The average molecular weight is 445 g/mol. The van der Waals surface area contributed by atoms with Gasteiger partial charge in [-0.15, -0.1) is 4.36 Å². The zero-order valence-electron chi connectivity index (χ0n) is 17.1. The van der Waals surface area contributed by atoms with Crippen LogP contribution >= 0.6 is 0 Å². The lowest BCUT2D eigenvalue weighted by Crippen LogP contribution is -2.38. The standard InChI is InChI=1S/C20H24N6O4S/c1-25-7-8-26-18(19(25)28)16(10-22-26)31(21,30)24-20(29)23-17-12-4-2-3-11(12)9-14-13(17)5-6-15(14)27/h9-10,15,27H,2-8H2,1H3,(H3,21,23,24,29,30). The number of carbonyl (C=O) groups is 2. The highest BCUT2D eigenvalue weighted by Gasteiger charge is 2.32. The van der Waals surface area contributed by atoms with E-state index in [1.807, 2.05) is 6.07 Å². The van der Waals surface area contributed by atoms with Crippen LogP contribution in [0.2, 0.25) is 0 Å². The van der Waals surface area contributed by atoms with Crippen LogP contribution in [0.15, 0.2) is 21.5 Å². The molecule has 2 atom stereocenters. The average Bonchev–Trinajstić information content (AvgIpc) is 3.43. The molecule has 31 heavy (non-hydrogen) atoms. The Kier molecular flexibility index (Phi) is 4.65. The quantitative estimate of drug-likeness (QED) is 0.641. The first-order valence-electron chi connectivity index (χ1n) is 10.3. The molecular formula is C20H24N6O4S. The Hall–Kier alpha value is -2.76. The summed E-state index contributed by atoms with van der Waals surface area (Å²) in [4.78, 5) is 26.8. The lowest BCUT2D eigenvalue weighted by molar-refractivity contribution is 0.0738. The van der Waals surface area contributed by atoms with Gasteiger partial charge in [-0.1, -0.05) is 6.07 Å². The summed E-state index contributed by atoms with van der Waals surface area (Å²) < 4.78 is 18.4. The topological polar surface area (TPSA) is 143 Å². The highest BCUT2D eigenvalue weighted by molar-refractivity contribution is 7.91. The van der Waals surface area contributed by atoms with Crippen LogP contribution in [-0.2, 0) is 35.7 Å². The molecule has 5 rings (SSSR count). The number of anilines is 1. The smallest absolute Gasteiger partial charge is 0.354 e. The third-order valence-electron chi connectivity index (χ3n) is 6.34. The molecule has 4 N–H and O–H groups in total. The number of aryl methyl sites for hydroxylation is 1. The number of nitrogens with zero attached hydrogens (tertiary/aromatic N) is 4. The van der Waals surface area contributed by atoms with Crippen molar-refractivity contribution >= 4 is 27.5 Å². The van der Waals surface area contributed by atoms with Gasteiger partial charge in [0.25, 0.3) is 5.91 Å². The van der Waals surface area contributed by atoms with Crippen molar-refractivity contribution in [2.24, 2.45) is 9.50 Å². The number of carbonyl (C=O) groups excluding carboxylic acids is 2. The number of hydrogen-bond donors (Lipinski definition) is 3. The van der Waals surface area contributed by atoms with Crippen LogP contribution in [0.1, 0.15) is 51.7 Å². The number of aromatic nitrogens is 2. The number of urea groups is 1. The van der Waals surface area contributed by atoms with E-state index >= 15 is 0 Å². The number of aliphatic hydroxyl groups is 1. The third-order valence-corrected chi connectivity index (χ3v) is 7.70. The summed E-state index contributed by atoms with van der Waals surface area (Å²) in [6.07, 6.45) is 4.64. The van der Waals surface area contributed by atoms with E-state index in [0.29, 0.717) is 31.6 Å². The third kappa shape index (κ3) is 3.24. The highest BCUT2D eigenvalue weighted by atomic mass is 32.2. The molecule has 0 spiro atoms. The van der Waals surface area contributed by atoms with Crippen molar-refractivity contribution in [1.29, 1.82) is 0 Å². The van der Waals surface area contributed by atoms with Crippen LogP contribution in [0.25, 0.3) is 0 Å².